The van der Waals surface area contributed by atoms with Crippen LogP contribution >= 0.6 is 0 Å². The highest BCUT2D eigenvalue weighted by atomic mass is 32.2. The minimum absolute atomic E-state index is 0.175. The molecule has 0 aliphatic heterocycles. The average molecular weight is 417 g/mol. The average Bonchev–Trinajstić information content (AvgIpc) is 2.70. The number of halogens is 4. The molecule has 29 heavy (non-hydrogen) atoms. The number of benzene rings is 3. The fourth-order valence-electron chi connectivity index (χ4n) is 2.94. The molecular weight excluding hydrogens is 406 g/mol. The van der Waals surface area contributed by atoms with E-state index >= 15 is 0 Å². The second kappa shape index (κ2) is 6.97. The molecule has 3 nitrogen and oxygen atoms in total. The Bertz CT molecular complexity index is 1350. The molecule has 0 aliphatic rings. The Kier molecular flexibility index (Phi) is 4.58. The van der Waals surface area contributed by atoms with Crippen LogP contribution in [0.2, 0.25) is 0 Å². The van der Waals surface area contributed by atoms with E-state index in [0.29, 0.717) is 28.6 Å². The summed E-state index contributed by atoms with van der Waals surface area (Å²) in [4.78, 5) is 3.60. The van der Waals surface area contributed by atoms with Gasteiger partial charge in [0.15, 0.2) is 16.7 Å². The number of hydrogen-bond acceptors (Lipinski definition) is 3. The molecule has 1 aromatic heterocycles. The van der Waals surface area contributed by atoms with Crippen LogP contribution in [0.5, 0.6) is 0 Å². The maximum Gasteiger partial charge on any atom is 0.223 e. The molecule has 146 valence electrons. The zero-order valence-electron chi connectivity index (χ0n) is 14.5. The summed E-state index contributed by atoms with van der Waals surface area (Å²) < 4.78 is 79.8. The Hall–Kier alpha value is -3.26. The first-order valence-corrected chi connectivity index (χ1v) is 9.80. The van der Waals surface area contributed by atoms with Gasteiger partial charge in [0.05, 0.1) is 10.4 Å². The molecule has 0 saturated heterocycles. The summed E-state index contributed by atoms with van der Waals surface area (Å²) in [5.41, 5.74) is 0.913. The fraction of sp³-hybridized carbons (Fsp3) is 0. The van der Waals surface area contributed by atoms with Crippen LogP contribution < -0.4 is 0 Å². The van der Waals surface area contributed by atoms with Gasteiger partial charge in [-0.1, -0.05) is 12.1 Å². The van der Waals surface area contributed by atoms with Crippen molar-refractivity contribution in [3.8, 4) is 11.1 Å². The molecule has 4 rings (SSSR count). The number of fused-ring (bicyclic) bond motifs is 1. The van der Waals surface area contributed by atoms with Crippen molar-refractivity contribution in [1.82, 2.24) is 4.98 Å². The van der Waals surface area contributed by atoms with Crippen LogP contribution in [0.4, 0.5) is 17.6 Å². The van der Waals surface area contributed by atoms with Crippen molar-refractivity contribution in [2.45, 2.75) is 9.92 Å². The smallest absolute Gasteiger partial charge is 0.223 e. The zero-order chi connectivity index (χ0) is 20.8. The molecule has 0 bridgehead atoms. The van der Waals surface area contributed by atoms with Gasteiger partial charge in [0.25, 0.3) is 0 Å². The molecule has 1 heterocycles. The lowest BCUT2D eigenvalue weighted by Crippen LogP contribution is -2.06. The Morgan fingerprint density at radius 2 is 1.38 bits per heavy atom. The first kappa shape index (κ1) is 19.1. The first-order valence-electron chi connectivity index (χ1n) is 8.32. The molecule has 0 fully saturated rings. The molecule has 4 aromatic rings. The van der Waals surface area contributed by atoms with Gasteiger partial charge in [-0.2, -0.15) is 0 Å². The number of aromatic nitrogens is 1. The highest BCUT2D eigenvalue weighted by Crippen LogP contribution is 2.32. The largest absolute Gasteiger partial charge is 0.236 e. The van der Waals surface area contributed by atoms with Crippen LogP contribution in [-0.4, -0.2) is 13.4 Å². The molecule has 0 amide bonds. The van der Waals surface area contributed by atoms with Crippen LogP contribution in [0.25, 0.3) is 22.0 Å². The summed E-state index contributed by atoms with van der Waals surface area (Å²) in [6, 6.07) is 12.2. The maximum absolute atomic E-state index is 13.8. The Balaban J connectivity index is 1.99. The molecule has 0 radical (unpaired) electrons. The topological polar surface area (TPSA) is 47.0 Å². The van der Waals surface area contributed by atoms with Crippen LogP contribution in [-0.2, 0) is 9.84 Å². The summed E-state index contributed by atoms with van der Waals surface area (Å²) in [5, 5.41) is -0.109. The van der Waals surface area contributed by atoms with Gasteiger partial charge in [-0.3, -0.25) is 0 Å². The molecule has 0 N–H and O–H groups in total. The van der Waals surface area contributed by atoms with Crippen LogP contribution in [0.1, 0.15) is 0 Å². The van der Waals surface area contributed by atoms with Crippen LogP contribution in [0.15, 0.2) is 76.7 Å². The van der Waals surface area contributed by atoms with E-state index in [9.17, 15) is 26.0 Å². The van der Waals surface area contributed by atoms with E-state index in [1.807, 2.05) is 0 Å². The molecule has 0 saturated carbocycles. The summed E-state index contributed by atoms with van der Waals surface area (Å²) >= 11 is 0. The minimum Gasteiger partial charge on any atom is -0.236 e. The molecular formula is C21H11F4NO2S. The lowest BCUT2D eigenvalue weighted by Gasteiger charge is -2.11. The second-order valence-electron chi connectivity index (χ2n) is 6.26. The number of nitrogens with zero attached hydrogens (tertiary/aromatic N) is 1. The highest BCUT2D eigenvalue weighted by Gasteiger charge is 2.23. The fourth-order valence-corrected chi connectivity index (χ4v) is 4.18. The van der Waals surface area contributed by atoms with E-state index in [4.69, 9.17) is 0 Å². The Morgan fingerprint density at radius 1 is 0.690 bits per heavy atom. The maximum atomic E-state index is 13.8. The van der Waals surface area contributed by atoms with Gasteiger partial charge in [-0.15, -0.1) is 0 Å². The zero-order valence-corrected chi connectivity index (χ0v) is 15.4. The van der Waals surface area contributed by atoms with E-state index in [0.717, 1.165) is 12.1 Å². The molecule has 0 aliphatic carbocycles. The Morgan fingerprint density at radius 3 is 2.07 bits per heavy atom. The van der Waals surface area contributed by atoms with Crippen molar-refractivity contribution in [3.63, 3.8) is 0 Å². The van der Waals surface area contributed by atoms with Gasteiger partial charge in [0, 0.05) is 5.39 Å². The van der Waals surface area contributed by atoms with Gasteiger partial charge in [0.2, 0.25) is 9.84 Å². The highest BCUT2D eigenvalue weighted by molar-refractivity contribution is 7.91. The second-order valence-corrected chi connectivity index (χ2v) is 8.15. The third-order valence-corrected chi connectivity index (χ3v) is 6.01. The lowest BCUT2D eigenvalue weighted by molar-refractivity contribution is 0.504. The van der Waals surface area contributed by atoms with Gasteiger partial charge >= 0.3 is 0 Å². The predicted molar refractivity (Wildman–Crippen MR) is 98.9 cm³/mol. The number of pyridine rings is 1. The van der Waals surface area contributed by atoms with E-state index in [1.54, 1.807) is 0 Å². The molecule has 3 aromatic carbocycles. The standard InChI is InChI=1S/C21H11F4NO2S/c22-13-3-1-12(2-4-13)16-11-21(26-20-8-5-14(23)9-17(16)20)29(27,28)15-6-7-18(24)19(25)10-15/h1-11H. The first-order chi connectivity index (χ1) is 13.8. The number of hydrogen-bond donors (Lipinski definition) is 0. The van der Waals surface area contributed by atoms with Crippen LogP contribution in [0.3, 0.4) is 0 Å². The predicted octanol–water partition coefficient (Wildman–Crippen LogP) is 5.29. The van der Waals surface area contributed by atoms with E-state index < -0.39 is 43.0 Å². The minimum atomic E-state index is -4.30. The third kappa shape index (κ3) is 3.47. The molecule has 0 spiro atoms. The summed E-state index contributed by atoms with van der Waals surface area (Å²) in [7, 11) is -4.30. The quantitative estimate of drug-likeness (QED) is 0.336. The van der Waals surface area contributed by atoms with E-state index in [2.05, 4.69) is 4.98 Å². The molecule has 0 unspecified atom stereocenters. The number of rotatable bonds is 3. The summed E-state index contributed by atoms with van der Waals surface area (Å²) in [5.74, 6) is -3.54. The monoisotopic (exact) mass is 417 g/mol. The Labute approximate surface area is 163 Å². The van der Waals surface area contributed by atoms with Crippen LogP contribution in [0, 0.1) is 23.3 Å². The van der Waals surface area contributed by atoms with Gasteiger partial charge in [0.1, 0.15) is 11.6 Å². The summed E-state index contributed by atoms with van der Waals surface area (Å²) in [6.45, 7) is 0. The lowest BCUT2D eigenvalue weighted by atomic mass is 10.0. The van der Waals surface area contributed by atoms with Gasteiger partial charge in [-0.25, -0.2) is 31.0 Å². The molecule has 8 heteroatoms. The van der Waals surface area contributed by atoms with Crippen molar-refractivity contribution in [3.05, 3.63) is 90.0 Å². The normalized spacial score (nSPS) is 11.7. The van der Waals surface area contributed by atoms with E-state index in [1.165, 1.54) is 42.5 Å². The molecule has 0 atom stereocenters. The summed E-state index contributed by atoms with van der Waals surface area (Å²) in [6.07, 6.45) is 0. The van der Waals surface area contributed by atoms with Gasteiger partial charge < -0.3 is 0 Å². The van der Waals surface area contributed by atoms with Crippen molar-refractivity contribution >= 4 is 20.7 Å². The third-order valence-electron chi connectivity index (χ3n) is 4.38. The van der Waals surface area contributed by atoms with E-state index in [-0.39, 0.29) is 5.52 Å². The SMILES string of the molecule is O=S(=O)(c1ccc(F)c(F)c1)c1cc(-c2ccc(F)cc2)c2cc(F)ccc2n1. The van der Waals surface area contributed by atoms with Crippen molar-refractivity contribution in [2.75, 3.05) is 0 Å². The van der Waals surface area contributed by atoms with Crippen molar-refractivity contribution < 1.29 is 26.0 Å². The number of sulfone groups is 1. The van der Waals surface area contributed by atoms with Crippen molar-refractivity contribution in [1.29, 1.82) is 0 Å². The van der Waals surface area contributed by atoms with Gasteiger partial charge in [-0.05, 0) is 65.7 Å². The van der Waals surface area contributed by atoms with Crippen molar-refractivity contribution in [2.24, 2.45) is 0 Å².